The van der Waals surface area contributed by atoms with Gasteiger partial charge in [-0.05, 0) is 37.7 Å². The molecule has 4 nitrogen and oxygen atoms in total. The van der Waals surface area contributed by atoms with Gasteiger partial charge in [0.1, 0.15) is 0 Å². The first-order valence-electron chi connectivity index (χ1n) is 6.13. The maximum atomic E-state index is 11.2. The molecule has 5 heteroatoms. The number of hydrogen-bond donors (Lipinski definition) is 3. The van der Waals surface area contributed by atoms with Gasteiger partial charge >= 0.3 is 0 Å². The van der Waals surface area contributed by atoms with Gasteiger partial charge in [-0.25, -0.2) is 0 Å². The molecule has 1 rings (SSSR count). The van der Waals surface area contributed by atoms with E-state index in [4.69, 9.17) is 12.2 Å². The second-order valence-electron chi connectivity index (χ2n) is 4.14. The van der Waals surface area contributed by atoms with Gasteiger partial charge < -0.3 is 16.0 Å². The third-order valence-corrected chi connectivity index (χ3v) is 2.59. The highest BCUT2D eigenvalue weighted by atomic mass is 32.1. The SMILES string of the molecule is C=C(C)C(=O)NCCCNC(=S)Nc1ccccc1. The van der Waals surface area contributed by atoms with E-state index in [1.165, 1.54) is 0 Å². The summed E-state index contributed by atoms with van der Waals surface area (Å²) in [5.74, 6) is -0.106. The zero-order valence-corrected chi connectivity index (χ0v) is 11.8. The fourth-order valence-corrected chi connectivity index (χ4v) is 1.56. The van der Waals surface area contributed by atoms with Crippen molar-refractivity contribution in [3.05, 3.63) is 42.5 Å². The molecular formula is C14H19N3OS. The van der Waals surface area contributed by atoms with E-state index in [9.17, 15) is 4.79 Å². The summed E-state index contributed by atoms with van der Waals surface area (Å²) < 4.78 is 0. The molecule has 0 heterocycles. The van der Waals surface area contributed by atoms with Gasteiger partial charge in [0.05, 0.1) is 0 Å². The van der Waals surface area contributed by atoms with E-state index in [1.54, 1.807) is 6.92 Å². The van der Waals surface area contributed by atoms with Crippen molar-refractivity contribution in [1.82, 2.24) is 10.6 Å². The minimum absolute atomic E-state index is 0.106. The van der Waals surface area contributed by atoms with E-state index in [-0.39, 0.29) is 5.91 Å². The Kier molecular flexibility index (Phi) is 6.60. The van der Waals surface area contributed by atoms with Crippen molar-refractivity contribution >= 4 is 28.9 Å². The largest absolute Gasteiger partial charge is 0.362 e. The first-order chi connectivity index (χ1) is 9.09. The Morgan fingerprint density at radius 2 is 1.84 bits per heavy atom. The number of anilines is 1. The van der Waals surface area contributed by atoms with Crippen LogP contribution in [0.1, 0.15) is 13.3 Å². The van der Waals surface area contributed by atoms with E-state index in [1.807, 2.05) is 30.3 Å². The molecule has 3 N–H and O–H groups in total. The van der Waals surface area contributed by atoms with Crippen LogP contribution in [0.15, 0.2) is 42.5 Å². The second-order valence-corrected chi connectivity index (χ2v) is 4.54. The average molecular weight is 277 g/mol. The van der Waals surface area contributed by atoms with Crippen molar-refractivity contribution in [2.45, 2.75) is 13.3 Å². The number of rotatable bonds is 6. The molecule has 0 atom stereocenters. The summed E-state index contributed by atoms with van der Waals surface area (Å²) in [4.78, 5) is 11.2. The molecule has 0 aliphatic heterocycles. The van der Waals surface area contributed by atoms with E-state index in [0.29, 0.717) is 23.8 Å². The summed E-state index contributed by atoms with van der Waals surface area (Å²) in [7, 11) is 0. The highest BCUT2D eigenvalue weighted by Gasteiger charge is 2.00. The third kappa shape index (κ3) is 6.57. The molecule has 1 aromatic rings. The summed E-state index contributed by atoms with van der Waals surface area (Å²) in [5.41, 5.74) is 1.48. The number of para-hydroxylation sites is 1. The zero-order chi connectivity index (χ0) is 14.1. The minimum atomic E-state index is -0.106. The maximum Gasteiger partial charge on any atom is 0.246 e. The Balaban J connectivity index is 2.11. The van der Waals surface area contributed by atoms with E-state index in [2.05, 4.69) is 22.5 Å². The molecule has 0 radical (unpaired) electrons. The number of benzene rings is 1. The van der Waals surface area contributed by atoms with Crippen LogP contribution in [-0.4, -0.2) is 24.1 Å². The molecule has 19 heavy (non-hydrogen) atoms. The number of carbonyl (C=O) groups is 1. The lowest BCUT2D eigenvalue weighted by atomic mass is 10.3. The molecule has 102 valence electrons. The summed E-state index contributed by atoms with van der Waals surface area (Å²) in [6.45, 7) is 6.56. The van der Waals surface area contributed by atoms with Crippen LogP contribution in [0.25, 0.3) is 0 Å². The Labute approximate surface area is 119 Å². The summed E-state index contributed by atoms with van der Waals surface area (Å²) >= 11 is 5.16. The molecule has 0 fully saturated rings. The Hall–Kier alpha value is -1.88. The minimum Gasteiger partial charge on any atom is -0.362 e. The normalized spacial score (nSPS) is 9.53. The van der Waals surface area contributed by atoms with Crippen molar-refractivity contribution in [3.8, 4) is 0 Å². The van der Waals surface area contributed by atoms with Crippen molar-refractivity contribution in [2.75, 3.05) is 18.4 Å². The predicted octanol–water partition coefficient (Wildman–Crippen LogP) is 2.06. The molecule has 0 saturated heterocycles. The Morgan fingerprint density at radius 1 is 1.21 bits per heavy atom. The lowest BCUT2D eigenvalue weighted by molar-refractivity contribution is -0.117. The van der Waals surface area contributed by atoms with E-state index in [0.717, 1.165) is 12.1 Å². The molecular weight excluding hydrogens is 258 g/mol. The number of thiocarbonyl (C=S) groups is 1. The molecule has 0 aliphatic carbocycles. The van der Waals surface area contributed by atoms with Crippen LogP contribution in [0, 0.1) is 0 Å². The topological polar surface area (TPSA) is 53.2 Å². The quantitative estimate of drug-likeness (QED) is 0.423. The van der Waals surface area contributed by atoms with Gasteiger partial charge in [0.2, 0.25) is 5.91 Å². The number of amides is 1. The number of nitrogens with one attached hydrogen (secondary N) is 3. The van der Waals surface area contributed by atoms with Crippen molar-refractivity contribution in [3.63, 3.8) is 0 Å². The van der Waals surface area contributed by atoms with Gasteiger partial charge in [0.25, 0.3) is 0 Å². The summed E-state index contributed by atoms with van der Waals surface area (Å²) in [6, 6.07) is 9.73. The zero-order valence-electron chi connectivity index (χ0n) is 11.0. The van der Waals surface area contributed by atoms with Crippen LogP contribution in [0.5, 0.6) is 0 Å². The fraction of sp³-hybridized carbons (Fsp3) is 0.286. The second kappa shape index (κ2) is 8.26. The standard InChI is InChI=1S/C14H19N3OS/c1-11(2)13(18)15-9-6-10-16-14(19)17-12-7-4-3-5-8-12/h3-5,7-8H,1,6,9-10H2,2H3,(H,15,18)(H2,16,17,19). The highest BCUT2D eigenvalue weighted by molar-refractivity contribution is 7.80. The third-order valence-electron chi connectivity index (χ3n) is 2.34. The van der Waals surface area contributed by atoms with E-state index < -0.39 is 0 Å². The van der Waals surface area contributed by atoms with Crippen LogP contribution in [0.3, 0.4) is 0 Å². The van der Waals surface area contributed by atoms with Gasteiger partial charge in [-0.3, -0.25) is 4.79 Å². The molecule has 1 amide bonds. The van der Waals surface area contributed by atoms with Gasteiger partial charge in [-0.2, -0.15) is 0 Å². The van der Waals surface area contributed by atoms with Crippen LogP contribution in [-0.2, 0) is 4.79 Å². The molecule has 1 aromatic carbocycles. The van der Waals surface area contributed by atoms with Crippen LogP contribution >= 0.6 is 12.2 Å². The Morgan fingerprint density at radius 3 is 2.47 bits per heavy atom. The molecule has 0 aromatic heterocycles. The van der Waals surface area contributed by atoms with Crippen LogP contribution in [0.4, 0.5) is 5.69 Å². The van der Waals surface area contributed by atoms with Crippen molar-refractivity contribution in [2.24, 2.45) is 0 Å². The molecule has 0 aliphatic rings. The first kappa shape index (κ1) is 15.2. The van der Waals surface area contributed by atoms with Gasteiger partial charge in [-0.15, -0.1) is 0 Å². The van der Waals surface area contributed by atoms with Crippen LogP contribution in [0.2, 0.25) is 0 Å². The molecule has 0 saturated carbocycles. The number of carbonyl (C=O) groups excluding carboxylic acids is 1. The maximum absolute atomic E-state index is 11.2. The monoisotopic (exact) mass is 277 g/mol. The lowest BCUT2D eigenvalue weighted by Crippen LogP contribution is -2.32. The molecule has 0 unspecified atom stereocenters. The van der Waals surface area contributed by atoms with E-state index >= 15 is 0 Å². The first-order valence-corrected chi connectivity index (χ1v) is 6.54. The van der Waals surface area contributed by atoms with Gasteiger partial charge in [0.15, 0.2) is 5.11 Å². The highest BCUT2D eigenvalue weighted by Crippen LogP contribution is 2.04. The smallest absolute Gasteiger partial charge is 0.246 e. The molecule has 0 spiro atoms. The molecule has 0 bridgehead atoms. The lowest BCUT2D eigenvalue weighted by Gasteiger charge is -2.10. The summed E-state index contributed by atoms with van der Waals surface area (Å²) in [6.07, 6.45) is 0.801. The van der Waals surface area contributed by atoms with Crippen LogP contribution < -0.4 is 16.0 Å². The fourth-order valence-electron chi connectivity index (χ4n) is 1.34. The summed E-state index contributed by atoms with van der Waals surface area (Å²) in [5, 5.41) is 9.50. The number of hydrogen-bond acceptors (Lipinski definition) is 2. The van der Waals surface area contributed by atoms with Crippen molar-refractivity contribution in [1.29, 1.82) is 0 Å². The Bertz CT molecular complexity index is 445. The van der Waals surface area contributed by atoms with Gasteiger partial charge in [0, 0.05) is 24.4 Å². The predicted molar refractivity (Wildman–Crippen MR) is 83.1 cm³/mol. The van der Waals surface area contributed by atoms with Crippen molar-refractivity contribution < 1.29 is 4.79 Å². The van der Waals surface area contributed by atoms with Gasteiger partial charge in [-0.1, -0.05) is 24.8 Å². The average Bonchev–Trinajstić information content (AvgIpc) is 2.39.